The van der Waals surface area contributed by atoms with Crippen LogP contribution in [0, 0.1) is 10.1 Å². The third-order valence-corrected chi connectivity index (χ3v) is 4.81. The topological polar surface area (TPSA) is 94.4 Å². The van der Waals surface area contributed by atoms with Crippen LogP contribution in [0.15, 0.2) is 29.6 Å². The summed E-state index contributed by atoms with van der Waals surface area (Å²) in [6.45, 7) is 2.65. The van der Waals surface area contributed by atoms with E-state index in [9.17, 15) is 14.9 Å². The number of non-ortho nitro benzene ring substituents is 1. The van der Waals surface area contributed by atoms with Crippen LogP contribution in [-0.4, -0.2) is 34.6 Å². The summed E-state index contributed by atoms with van der Waals surface area (Å²) in [5.74, 6) is -0.258. The van der Waals surface area contributed by atoms with E-state index in [0.717, 1.165) is 19.4 Å². The van der Waals surface area contributed by atoms with Gasteiger partial charge in [0.1, 0.15) is 10.7 Å². The monoisotopic (exact) mass is 347 g/mol. The first-order chi connectivity index (χ1) is 11.5. The molecule has 0 spiro atoms. The molecule has 2 atom stereocenters. The number of carbonyl (C=O) groups is 1. The summed E-state index contributed by atoms with van der Waals surface area (Å²) in [5.41, 5.74) is 0.937. The van der Waals surface area contributed by atoms with E-state index in [0.29, 0.717) is 16.3 Å². The zero-order chi connectivity index (χ0) is 17.1. The van der Waals surface area contributed by atoms with Crippen LogP contribution >= 0.6 is 11.3 Å². The molecule has 1 N–H and O–H groups in total. The molecule has 1 saturated heterocycles. The predicted octanol–water partition coefficient (Wildman–Crippen LogP) is 3.02. The summed E-state index contributed by atoms with van der Waals surface area (Å²) >= 11 is 1.28. The van der Waals surface area contributed by atoms with Crippen LogP contribution in [0.25, 0.3) is 10.6 Å². The van der Waals surface area contributed by atoms with Gasteiger partial charge in [0, 0.05) is 29.7 Å². The lowest BCUT2D eigenvalue weighted by Crippen LogP contribution is -2.40. The highest BCUT2D eigenvalue weighted by atomic mass is 32.1. The zero-order valence-electron chi connectivity index (χ0n) is 13.1. The molecule has 1 aliphatic rings. The number of hydrogen-bond donors (Lipinski definition) is 1. The number of benzene rings is 1. The molecule has 7 nitrogen and oxygen atoms in total. The number of nitro groups is 1. The van der Waals surface area contributed by atoms with Gasteiger partial charge in [-0.3, -0.25) is 14.9 Å². The van der Waals surface area contributed by atoms with Crippen molar-refractivity contribution in [3.8, 4) is 10.6 Å². The zero-order valence-corrected chi connectivity index (χ0v) is 13.9. The molecular formula is C16H17N3O4S. The van der Waals surface area contributed by atoms with Crippen molar-refractivity contribution in [3.63, 3.8) is 0 Å². The molecule has 2 heterocycles. The Labute approximate surface area is 142 Å². The Morgan fingerprint density at radius 2 is 2.38 bits per heavy atom. The van der Waals surface area contributed by atoms with Crippen LogP contribution < -0.4 is 5.32 Å². The Morgan fingerprint density at radius 1 is 1.54 bits per heavy atom. The van der Waals surface area contributed by atoms with E-state index in [1.165, 1.54) is 23.5 Å². The molecule has 0 aliphatic carbocycles. The summed E-state index contributed by atoms with van der Waals surface area (Å²) in [6, 6.07) is 6.14. The highest BCUT2D eigenvalue weighted by Gasteiger charge is 2.24. The average Bonchev–Trinajstić information content (AvgIpc) is 3.26. The number of thiazole rings is 1. The maximum atomic E-state index is 12.3. The van der Waals surface area contributed by atoms with Crippen molar-refractivity contribution in [2.24, 2.45) is 0 Å². The van der Waals surface area contributed by atoms with Crippen LogP contribution in [0.4, 0.5) is 5.69 Å². The first kappa shape index (κ1) is 16.5. The average molecular weight is 347 g/mol. The highest BCUT2D eigenvalue weighted by Crippen LogP contribution is 2.27. The number of rotatable bonds is 5. The molecule has 3 rings (SSSR count). The van der Waals surface area contributed by atoms with Gasteiger partial charge < -0.3 is 10.1 Å². The van der Waals surface area contributed by atoms with Crippen molar-refractivity contribution in [2.45, 2.75) is 31.9 Å². The van der Waals surface area contributed by atoms with Crippen molar-refractivity contribution in [1.82, 2.24) is 10.3 Å². The van der Waals surface area contributed by atoms with E-state index in [-0.39, 0.29) is 23.7 Å². The maximum absolute atomic E-state index is 12.3. The summed E-state index contributed by atoms with van der Waals surface area (Å²) < 4.78 is 5.57. The molecule has 1 fully saturated rings. The molecule has 1 aliphatic heterocycles. The second-order valence-corrected chi connectivity index (χ2v) is 6.52. The number of amides is 1. The van der Waals surface area contributed by atoms with Crippen LogP contribution in [0.2, 0.25) is 0 Å². The summed E-state index contributed by atoms with van der Waals surface area (Å²) in [7, 11) is 0. The molecule has 24 heavy (non-hydrogen) atoms. The minimum absolute atomic E-state index is 0.000654. The molecule has 2 aromatic rings. The van der Waals surface area contributed by atoms with Crippen LogP contribution in [0.5, 0.6) is 0 Å². The maximum Gasteiger partial charge on any atom is 0.271 e. The van der Waals surface area contributed by atoms with E-state index in [4.69, 9.17) is 4.74 Å². The van der Waals surface area contributed by atoms with Crippen molar-refractivity contribution >= 4 is 22.9 Å². The smallest absolute Gasteiger partial charge is 0.271 e. The number of hydrogen-bond acceptors (Lipinski definition) is 6. The van der Waals surface area contributed by atoms with Gasteiger partial charge in [0.25, 0.3) is 11.6 Å². The molecule has 1 amide bonds. The van der Waals surface area contributed by atoms with Crippen LogP contribution in [0.1, 0.15) is 30.3 Å². The van der Waals surface area contributed by atoms with Gasteiger partial charge in [0.05, 0.1) is 17.1 Å². The molecule has 0 radical (unpaired) electrons. The highest BCUT2D eigenvalue weighted by molar-refractivity contribution is 7.13. The third kappa shape index (κ3) is 3.60. The number of carbonyl (C=O) groups excluding carboxylic acids is 1. The lowest BCUT2D eigenvalue weighted by Gasteiger charge is -2.19. The Bertz CT molecular complexity index is 755. The Hall–Kier alpha value is -2.32. The third-order valence-electron chi connectivity index (χ3n) is 3.92. The normalized spacial score (nSPS) is 18.3. The van der Waals surface area contributed by atoms with Crippen LogP contribution in [0.3, 0.4) is 0 Å². The largest absolute Gasteiger partial charge is 0.376 e. The quantitative estimate of drug-likeness (QED) is 0.663. The molecule has 1 aromatic carbocycles. The molecule has 126 valence electrons. The Morgan fingerprint density at radius 3 is 3.08 bits per heavy atom. The molecule has 0 unspecified atom stereocenters. The van der Waals surface area contributed by atoms with Crippen LogP contribution in [-0.2, 0) is 4.74 Å². The van der Waals surface area contributed by atoms with E-state index < -0.39 is 4.92 Å². The standard InChI is InChI=1S/C16H17N3O4S/c1-10(14-6-3-7-23-14)17-15(20)13-9-24-16(18-13)11-4-2-5-12(8-11)19(21)22/h2,4-5,8-10,14H,3,6-7H2,1H3,(H,17,20)/t10-,14-/m1/s1. The van der Waals surface area contributed by atoms with Crippen molar-refractivity contribution < 1.29 is 14.5 Å². The van der Waals surface area contributed by atoms with Gasteiger partial charge in [-0.25, -0.2) is 4.98 Å². The van der Waals surface area contributed by atoms with Gasteiger partial charge >= 0.3 is 0 Å². The van der Waals surface area contributed by atoms with Crippen molar-refractivity contribution in [2.75, 3.05) is 6.61 Å². The van der Waals surface area contributed by atoms with Gasteiger partial charge in [-0.1, -0.05) is 12.1 Å². The predicted molar refractivity (Wildman–Crippen MR) is 90.1 cm³/mol. The van der Waals surface area contributed by atoms with Gasteiger partial charge in [-0.05, 0) is 19.8 Å². The number of nitrogens with zero attached hydrogens (tertiary/aromatic N) is 2. The molecule has 8 heteroatoms. The summed E-state index contributed by atoms with van der Waals surface area (Å²) in [5, 5.41) is 16.0. The number of ether oxygens (including phenoxy) is 1. The lowest BCUT2D eigenvalue weighted by atomic mass is 10.1. The van der Waals surface area contributed by atoms with E-state index in [1.54, 1.807) is 17.5 Å². The number of nitrogens with one attached hydrogen (secondary N) is 1. The molecule has 0 saturated carbocycles. The summed E-state index contributed by atoms with van der Waals surface area (Å²) in [4.78, 5) is 27.0. The first-order valence-corrected chi connectivity index (χ1v) is 8.55. The van der Waals surface area contributed by atoms with Crippen molar-refractivity contribution in [1.29, 1.82) is 0 Å². The minimum atomic E-state index is -0.450. The van der Waals surface area contributed by atoms with E-state index in [1.807, 2.05) is 6.92 Å². The fourth-order valence-electron chi connectivity index (χ4n) is 2.63. The second kappa shape index (κ2) is 7.06. The van der Waals surface area contributed by atoms with Gasteiger partial charge in [0.2, 0.25) is 0 Å². The molecule has 0 bridgehead atoms. The van der Waals surface area contributed by atoms with E-state index >= 15 is 0 Å². The van der Waals surface area contributed by atoms with Gasteiger partial charge in [0.15, 0.2) is 0 Å². The fourth-order valence-corrected chi connectivity index (χ4v) is 3.43. The minimum Gasteiger partial charge on any atom is -0.376 e. The molecule has 1 aromatic heterocycles. The number of aromatic nitrogens is 1. The molecular weight excluding hydrogens is 330 g/mol. The second-order valence-electron chi connectivity index (χ2n) is 5.66. The van der Waals surface area contributed by atoms with Crippen molar-refractivity contribution in [3.05, 3.63) is 45.5 Å². The SMILES string of the molecule is C[C@@H](NC(=O)c1csc(-c2cccc([N+](=O)[O-])c2)n1)[C@H]1CCCO1. The summed E-state index contributed by atoms with van der Waals surface area (Å²) in [6.07, 6.45) is 2.00. The lowest BCUT2D eigenvalue weighted by molar-refractivity contribution is -0.384. The fraction of sp³-hybridized carbons (Fsp3) is 0.375. The Kier molecular flexibility index (Phi) is 4.86. The first-order valence-electron chi connectivity index (χ1n) is 7.67. The van der Waals surface area contributed by atoms with E-state index in [2.05, 4.69) is 10.3 Å². The Balaban J connectivity index is 1.71. The number of nitro benzene ring substituents is 1. The van der Waals surface area contributed by atoms with Gasteiger partial charge in [-0.15, -0.1) is 11.3 Å². The van der Waals surface area contributed by atoms with Gasteiger partial charge in [-0.2, -0.15) is 0 Å².